The quantitative estimate of drug-likeness (QED) is 0.768. The van der Waals surface area contributed by atoms with Crippen LogP contribution in [0.2, 0.25) is 0 Å². The van der Waals surface area contributed by atoms with Gasteiger partial charge in [0.1, 0.15) is 11.3 Å². The lowest BCUT2D eigenvalue weighted by molar-refractivity contribution is -0.0517. The van der Waals surface area contributed by atoms with E-state index in [1.54, 1.807) is 10.9 Å². The van der Waals surface area contributed by atoms with E-state index in [0.29, 0.717) is 24.8 Å². The number of aryl methyl sites for hydroxylation is 1. The van der Waals surface area contributed by atoms with Crippen molar-refractivity contribution < 1.29 is 9.53 Å². The summed E-state index contributed by atoms with van der Waals surface area (Å²) >= 11 is 0. The number of rotatable bonds is 5. The molecule has 2 atom stereocenters. The predicted octanol–water partition coefficient (Wildman–Crippen LogP) is 3.07. The maximum atomic E-state index is 12.9. The lowest BCUT2D eigenvalue weighted by Gasteiger charge is -2.38. The van der Waals surface area contributed by atoms with E-state index in [-0.39, 0.29) is 5.78 Å². The van der Waals surface area contributed by atoms with Gasteiger partial charge >= 0.3 is 0 Å². The van der Waals surface area contributed by atoms with Crippen molar-refractivity contribution in [2.45, 2.75) is 58.6 Å². The monoisotopic (exact) mass is 264 g/mol. The molecule has 0 spiro atoms. The highest BCUT2D eigenvalue weighted by Crippen LogP contribution is 2.37. The van der Waals surface area contributed by atoms with Gasteiger partial charge in [-0.05, 0) is 45.1 Å². The molecule has 0 bridgehead atoms. The molecular formula is C15H24N2O2. The topological polar surface area (TPSA) is 44.1 Å². The highest BCUT2D eigenvalue weighted by Gasteiger charge is 2.43. The summed E-state index contributed by atoms with van der Waals surface area (Å²) in [6.45, 7) is 7.47. The molecule has 2 unspecified atom stereocenters. The summed E-state index contributed by atoms with van der Waals surface area (Å²) in [6.07, 6.45) is 5.61. The summed E-state index contributed by atoms with van der Waals surface area (Å²) in [5, 5.41) is 4.20. The summed E-state index contributed by atoms with van der Waals surface area (Å²) in [7, 11) is 0. The van der Waals surface area contributed by atoms with Gasteiger partial charge in [-0.2, -0.15) is 5.10 Å². The Morgan fingerprint density at radius 1 is 1.58 bits per heavy atom. The summed E-state index contributed by atoms with van der Waals surface area (Å²) in [6, 6.07) is 1.81. The van der Waals surface area contributed by atoms with Gasteiger partial charge in [0.05, 0.1) is 0 Å². The Morgan fingerprint density at radius 3 is 3.00 bits per heavy atom. The average Bonchev–Trinajstić information content (AvgIpc) is 2.86. The van der Waals surface area contributed by atoms with Crippen molar-refractivity contribution in [3.05, 3.63) is 18.0 Å². The van der Waals surface area contributed by atoms with Crippen LogP contribution in [0.5, 0.6) is 0 Å². The summed E-state index contributed by atoms with van der Waals surface area (Å²) in [4.78, 5) is 12.9. The number of carbonyl (C=O) groups is 1. The standard InChI is InChI=1S/C15H24N2O2/c1-4-17-13(8-10-16-17)14(18)15(19-5-2)9-6-7-12(3)11-15/h8,10,12H,4-7,9,11H2,1-3H3. The van der Waals surface area contributed by atoms with Crippen molar-refractivity contribution in [1.82, 2.24) is 9.78 Å². The third kappa shape index (κ3) is 2.73. The second-order valence-electron chi connectivity index (χ2n) is 5.49. The van der Waals surface area contributed by atoms with Crippen LogP contribution in [-0.2, 0) is 11.3 Å². The second-order valence-corrected chi connectivity index (χ2v) is 5.49. The van der Waals surface area contributed by atoms with Gasteiger partial charge in [-0.15, -0.1) is 0 Å². The average molecular weight is 264 g/mol. The third-order valence-corrected chi connectivity index (χ3v) is 4.04. The lowest BCUT2D eigenvalue weighted by Crippen LogP contribution is -2.46. The van der Waals surface area contributed by atoms with Crippen molar-refractivity contribution in [2.75, 3.05) is 6.61 Å². The summed E-state index contributed by atoms with van der Waals surface area (Å²) in [5.74, 6) is 0.655. The Labute approximate surface area is 115 Å². The molecule has 0 saturated heterocycles. The van der Waals surface area contributed by atoms with Crippen LogP contribution in [0.25, 0.3) is 0 Å². The molecule has 0 N–H and O–H groups in total. The van der Waals surface area contributed by atoms with Gasteiger partial charge in [0.2, 0.25) is 5.78 Å². The van der Waals surface area contributed by atoms with Crippen molar-refractivity contribution in [1.29, 1.82) is 0 Å². The van der Waals surface area contributed by atoms with Crippen LogP contribution in [0.15, 0.2) is 12.3 Å². The van der Waals surface area contributed by atoms with Crippen molar-refractivity contribution in [2.24, 2.45) is 5.92 Å². The number of ketones is 1. The molecule has 1 aliphatic rings. The second kappa shape index (κ2) is 5.87. The zero-order valence-corrected chi connectivity index (χ0v) is 12.2. The van der Waals surface area contributed by atoms with Crippen molar-refractivity contribution >= 4 is 5.78 Å². The molecule has 4 heteroatoms. The predicted molar refractivity (Wildman–Crippen MR) is 74.2 cm³/mol. The van der Waals surface area contributed by atoms with Crippen LogP contribution >= 0.6 is 0 Å². The zero-order chi connectivity index (χ0) is 13.9. The van der Waals surface area contributed by atoms with Crippen LogP contribution in [0.3, 0.4) is 0 Å². The highest BCUT2D eigenvalue weighted by atomic mass is 16.5. The maximum absolute atomic E-state index is 12.9. The Bertz CT molecular complexity index is 437. The number of Topliss-reactive ketones (excluding diaryl/α,β-unsaturated/α-hetero) is 1. The molecule has 0 aliphatic heterocycles. The number of carbonyl (C=O) groups excluding carboxylic acids is 1. The van der Waals surface area contributed by atoms with Gasteiger partial charge in [0, 0.05) is 19.3 Å². The number of ether oxygens (including phenoxy) is 1. The molecular weight excluding hydrogens is 240 g/mol. The first-order valence-corrected chi connectivity index (χ1v) is 7.33. The van der Waals surface area contributed by atoms with Gasteiger partial charge in [0.15, 0.2) is 0 Å². The van der Waals surface area contributed by atoms with Crippen LogP contribution < -0.4 is 0 Å². The molecule has 1 aliphatic carbocycles. The largest absolute Gasteiger partial charge is 0.367 e. The number of nitrogens with zero attached hydrogens (tertiary/aromatic N) is 2. The van der Waals surface area contributed by atoms with E-state index in [1.165, 1.54) is 6.42 Å². The lowest BCUT2D eigenvalue weighted by atomic mass is 9.75. The SMILES string of the molecule is CCOC1(C(=O)c2ccnn2CC)CCCC(C)C1. The Morgan fingerprint density at radius 2 is 2.37 bits per heavy atom. The van der Waals surface area contributed by atoms with E-state index in [0.717, 1.165) is 19.3 Å². The third-order valence-electron chi connectivity index (χ3n) is 4.04. The van der Waals surface area contributed by atoms with Gasteiger partial charge < -0.3 is 4.74 Å². The summed E-state index contributed by atoms with van der Waals surface area (Å²) in [5.41, 5.74) is 0.0596. The minimum absolute atomic E-state index is 0.111. The molecule has 1 fully saturated rings. The molecule has 19 heavy (non-hydrogen) atoms. The maximum Gasteiger partial charge on any atom is 0.212 e. The number of hydrogen-bond donors (Lipinski definition) is 0. The minimum Gasteiger partial charge on any atom is -0.367 e. The van der Waals surface area contributed by atoms with E-state index in [9.17, 15) is 4.79 Å². The molecule has 1 saturated carbocycles. The molecule has 1 aromatic rings. The highest BCUT2D eigenvalue weighted by molar-refractivity contribution is 6.01. The van der Waals surface area contributed by atoms with Crippen LogP contribution in [0.4, 0.5) is 0 Å². The van der Waals surface area contributed by atoms with Gasteiger partial charge in [-0.25, -0.2) is 0 Å². The van der Waals surface area contributed by atoms with Gasteiger partial charge in [0.25, 0.3) is 0 Å². The fraction of sp³-hybridized carbons (Fsp3) is 0.733. The van der Waals surface area contributed by atoms with E-state index >= 15 is 0 Å². The van der Waals surface area contributed by atoms with Gasteiger partial charge in [-0.1, -0.05) is 13.3 Å². The Kier molecular flexibility index (Phi) is 4.40. The summed E-state index contributed by atoms with van der Waals surface area (Å²) < 4.78 is 7.70. The van der Waals surface area contributed by atoms with Crippen LogP contribution in [0.1, 0.15) is 56.9 Å². The van der Waals surface area contributed by atoms with Crippen molar-refractivity contribution in [3.63, 3.8) is 0 Å². The molecule has 2 rings (SSSR count). The van der Waals surface area contributed by atoms with E-state index in [2.05, 4.69) is 12.0 Å². The molecule has 1 aromatic heterocycles. The Hall–Kier alpha value is -1.16. The molecule has 0 aromatic carbocycles. The first-order valence-electron chi connectivity index (χ1n) is 7.33. The number of aromatic nitrogens is 2. The molecule has 4 nitrogen and oxygen atoms in total. The molecule has 0 radical (unpaired) electrons. The number of hydrogen-bond acceptors (Lipinski definition) is 3. The van der Waals surface area contributed by atoms with Crippen LogP contribution in [-0.4, -0.2) is 27.8 Å². The molecule has 106 valence electrons. The molecule has 1 heterocycles. The van der Waals surface area contributed by atoms with E-state index < -0.39 is 5.60 Å². The molecule has 0 amide bonds. The van der Waals surface area contributed by atoms with E-state index in [4.69, 9.17) is 4.74 Å². The first-order chi connectivity index (χ1) is 9.13. The fourth-order valence-electron chi connectivity index (χ4n) is 3.19. The smallest absolute Gasteiger partial charge is 0.212 e. The zero-order valence-electron chi connectivity index (χ0n) is 12.2. The Balaban J connectivity index is 2.30. The van der Waals surface area contributed by atoms with Crippen LogP contribution in [0, 0.1) is 5.92 Å². The normalized spacial score (nSPS) is 27.4. The minimum atomic E-state index is -0.626. The first kappa shape index (κ1) is 14.3. The van der Waals surface area contributed by atoms with Gasteiger partial charge in [-0.3, -0.25) is 9.48 Å². The fourth-order valence-corrected chi connectivity index (χ4v) is 3.19. The van der Waals surface area contributed by atoms with E-state index in [1.807, 2.05) is 19.9 Å². The van der Waals surface area contributed by atoms with Crippen molar-refractivity contribution in [3.8, 4) is 0 Å².